The summed E-state index contributed by atoms with van der Waals surface area (Å²) >= 11 is 0. The molecule has 1 aliphatic heterocycles. The van der Waals surface area contributed by atoms with Gasteiger partial charge in [-0.1, -0.05) is 0 Å². The molecule has 1 rings (SSSR count). The van der Waals surface area contributed by atoms with Crippen LogP contribution >= 0.6 is 0 Å². The topological polar surface area (TPSA) is 58.8 Å². The SMILES string of the molecule is CC(C)N(C(=O)CN1CCOC(CN)C1)C(C)C. The number of morpholine rings is 1. The molecule has 18 heavy (non-hydrogen) atoms. The lowest BCUT2D eigenvalue weighted by atomic mass is 10.2. The van der Waals surface area contributed by atoms with E-state index in [0.29, 0.717) is 19.7 Å². The molecular formula is C13H27N3O2. The van der Waals surface area contributed by atoms with Crippen LogP contribution in [0.3, 0.4) is 0 Å². The number of ether oxygens (including phenoxy) is 1. The number of nitrogens with zero attached hydrogens (tertiary/aromatic N) is 2. The normalized spacial score (nSPS) is 21.6. The first kappa shape index (κ1) is 15.4. The summed E-state index contributed by atoms with van der Waals surface area (Å²) in [4.78, 5) is 16.4. The number of hydrogen-bond acceptors (Lipinski definition) is 4. The number of hydrogen-bond donors (Lipinski definition) is 1. The van der Waals surface area contributed by atoms with Crippen molar-refractivity contribution in [2.75, 3.05) is 32.8 Å². The highest BCUT2D eigenvalue weighted by Crippen LogP contribution is 2.09. The molecule has 0 aromatic heterocycles. The fourth-order valence-corrected chi connectivity index (χ4v) is 2.51. The van der Waals surface area contributed by atoms with Crippen LogP contribution in [-0.2, 0) is 9.53 Å². The molecule has 0 radical (unpaired) electrons. The summed E-state index contributed by atoms with van der Waals surface area (Å²) in [5.41, 5.74) is 5.61. The van der Waals surface area contributed by atoms with E-state index in [0.717, 1.165) is 13.1 Å². The van der Waals surface area contributed by atoms with Crippen molar-refractivity contribution in [3.63, 3.8) is 0 Å². The van der Waals surface area contributed by atoms with Crippen LogP contribution in [0.1, 0.15) is 27.7 Å². The maximum absolute atomic E-state index is 12.3. The zero-order chi connectivity index (χ0) is 13.7. The van der Waals surface area contributed by atoms with Crippen molar-refractivity contribution in [1.29, 1.82) is 0 Å². The highest BCUT2D eigenvalue weighted by atomic mass is 16.5. The van der Waals surface area contributed by atoms with Crippen LogP contribution in [0.5, 0.6) is 0 Å². The van der Waals surface area contributed by atoms with Crippen molar-refractivity contribution in [1.82, 2.24) is 9.80 Å². The van der Waals surface area contributed by atoms with Gasteiger partial charge in [0.2, 0.25) is 5.91 Å². The molecule has 0 aromatic carbocycles. The predicted molar refractivity (Wildman–Crippen MR) is 72.4 cm³/mol. The van der Waals surface area contributed by atoms with Crippen molar-refractivity contribution >= 4 is 5.91 Å². The van der Waals surface area contributed by atoms with Crippen LogP contribution in [0, 0.1) is 0 Å². The monoisotopic (exact) mass is 257 g/mol. The molecule has 1 amide bonds. The van der Waals surface area contributed by atoms with Gasteiger partial charge in [0.1, 0.15) is 0 Å². The molecule has 0 aliphatic carbocycles. The predicted octanol–water partition coefficient (Wildman–Crippen LogP) is 0.291. The second kappa shape index (κ2) is 7.07. The van der Waals surface area contributed by atoms with Gasteiger partial charge in [-0.2, -0.15) is 0 Å². The third-order valence-electron chi connectivity index (χ3n) is 3.25. The fraction of sp³-hybridized carbons (Fsp3) is 0.923. The zero-order valence-electron chi connectivity index (χ0n) is 12.1. The molecule has 1 saturated heterocycles. The summed E-state index contributed by atoms with van der Waals surface area (Å²) in [6, 6.07) is 0.479. The van der Waals surface area contributed by atoms with E-state index >= 15 is 0 Å². The maximum atomic E-state index is 12.3. The van der Waals surface area contributed by atoms with Gasteiger partial charge < -0.3 is 15.4 Å². The first-order valence-corrected chi connectivity index (χ1v) is 6.80. The summed E-state index contributed by atoms with van der Waals surface area (Å²) in [6.45, 7) is 11.4. The summed E-state index contributed by atoms with van der Waals surface area (Å²) in [5.74, 6) is 0.192. The molecule has 1 aliphatic rings. The van der Waals surface area contributed by atoms with Crippen molar-refractivity contribution in [2.45, 2.75) is 45.9 Å². The minimum atomic E-state index is 0.0677. The minimum absolute atomic E-state index is 0.0677. The largest absolute Gasteiger partial charge is 0.374 e. The number of carbonyl (C=O) groups excluding carboxylic acids is 1. The van der Waals surface area contributed by atoms with Crippen LogP contribution in [0.2, 0.25) is 0 Å². The number of rotatable bonds is 5. The quantitative estimate of drug-likeness (QED) is 0.769. The molecule has 5 nitrogen and oxygen atoms in total. The molecule has 1 fully saturated rings. The Balaban J connectivity index is 2.52. The van der Waals surface area contributed by atoms with E-state index in [1.165, 1.54) is 0 Å². The van der Waals surface area contributed by atoms with Crippen molar-refractivity contribution in [3.05, 3.63) is 0 Å². The first-order chi connectivity index (χ1) is 8.45. The first-order valence-electron chi connectivity index (χ1n) is 6.80. The Hall–Kier alpha value is -0.650. The number of amides is 1. The van der Waals surface area contributed by atoms with Crippen molar-refractivity contribution in [2.24, 2.45) is 5.73 Å². The molecule has 0 bridgehead atoms. The van der Waals surface area contributed by atoms with E-state index in [1.54, 1.807) is 0 Å². The van der Waals surface area contributed by atoms with E-state index in [4.69, 9.17) is 10.5 Å². The lowest BCUT2D eigenvalue weighted by molar-refractivity contribution is -0.137. The Kier molecular flexibility index (Phi) is 6.05. The van der Waals surface area contributed by atoms with E-state index < -0.39 is 0 Å². The van der Waals surface area contributed by atoms with Crippen LogP contribution in [0.25, 0.3) is 0 Å². The Bertz CT molecular complexity index is 261. The molecule has 0 spiro atoms. The molecule has 106 valence electrons. The minimum Gasteiger partial charge on any atom is -0.374 e. The molecule has 1 unspecified atom stereocenters. The van der Waals surface area contributed by atoms with Crippen LogP contribution < -0.4 is 5.73 Å². The smallest absolute Gasteiger partial charge is 0.237 e. The summed E-state index contributed by atoms with van der Waals surface area (Å²) in [7, 11) is 0. The van der Waals surface area contributed by atoms with E-state index in [9.17, 15) is 4.79 Å². The summed E-state index contributed by atoms with van der Waals surface area (Å²) in [6.07, 6.45) is 0.0677. The molecular weight excluding hydrogens is 230 g/mol. The number of nitrogens with two attached hydrogens (primary N) is 1. The van der Waals surface area contributed by atoms with Gasteiger partial charge in [0.15, 0.2) is 0 Å². The molecule has 1 heterocycles. The van der Waals surface area contributed by atoms with Gasteiger partial charge in [0, 0.05) is 31.7 Å². The van der Waals surface area contributed by atoms with Crippen molar-refractivity contribution in [3.8, 4) is 0 Å². The summed E-state index contributed by atoms with van der Waals surface area (Å²) in [5, 5.41) is 0. The van der Waals surface area contributed by atoms with Gasteiger partial charge >= 0.3 is 0 Å². The van der Waals surface area contributed by atoms with Gasteiger partial charge in [0.05, 0.1) is 19.3 Å². The third kappa shape index (κ3) is 4.23. The Labute approximate surface area is 110 Å². The van der Waals surface area contributed by atoms with Crippen LogP contribution in [0.4, 0.5) is 0 Å². The Morgan fingerprint density at radius 3 is 2.50 bits per heavy atom. The lowest BCUT2D eigenvalue weighted by Crippen LogP contribution is -2.52. The van der Waals surface area contributed by atoms with Crippen molar-refractivity contribution < 1.29 is 9.53 Å². The Morgan fingerprint density at radius 2 is 2.00 bits per heavy atom. The lowest BCUT2D eigenvalue weighted by Gasteiger charge is -2.36. The fourth-order valence-electron chi connectivity index (χ4n) is 2.51. The van der Waals surface area contributed by atoms with E-state index in [1.807, 2.05) is 4.90 Å². The van der Waals surface area contributed by atoms with Gasteiger partial charge in [-0.3, -0.25) is 9.69 Å². The van der Waals surface area contributed by atoms with Gasteiger partial charge in [-0.15, -0.1) is 0 Å². The van der Waals surface area contributed by atoms with Crippen LogP contribution in [-0.4, -0.2) is 66.7 Å². The second-order valence-electron chi connectivity index (χ2n) is 5.45. The average Bonchev–Trinajstić information content (AvgIpc) is 2.28. The van der Waals surface area contributed by atoms with Crippen LogP contribution in [0.15, 0.2) is 0 Å². The van der Waals surface area contributed by atoms with Gasteiger partial charge in [-0.05, 0) is 27.7 Å². The standard InChI is InChI=1S/C13H27N3O2/c1-10(2)16(11(3)4)13(17)9-15-5-6-18-12(7-14)8-15/h10-12H,5-9,14H2,1-4H3. The molecule has 0 saturated carbocycles. The number of carbonyl (C=O) groups is 1. The molecule has 1 atom stereocenters. The third-order valence-corrected chi connectivity index (χ3v) is 3.25. The zero-order valence-corrected chi connectivity index (χ0v) is 12.1. The highest BCUT2D eigenvalue weighted by molar-refractivity contribution is 5.78. The highest BCUT2D eigenvalue weighted by Gasteiger charge is 2.25. The van der Waals surface area contributed by atoms with E-state index in [2.05, 4.69) is 32.6 Å². The van der Waals surface area contributed by atoms with E-state index in [-0.39, 0.29) is 24.1 Å². The maximum Gasteiger partial charge on any atom is 0.237 e. The molecule has 2 N–H and O–H groups in total. The summed E-state index contributed by atoms with van der Waals surface area (Å²) < 4.78 is 5.50. The average molecular weight is 257 g/mol. The molecule has 5 heteroatoms. The molecule has 0 aromatic rings. The van der Waals surface area contributed by atoms with Gasteiger partial charge in [0.25, 0.3) is 0 Å². The van der Waals surface area contributed by atoms with Gasteiger partial charge in [-0.25, -0.2) is 0 Å². The Morgan fingerprint density at radius 1 is 1.39 bits per heavy atom. The second-order valence-corrected chi connectivity index (χ2v) is 5.45.